The van der Waals surface area contributed by atoms with E-state index in [1.165, 1.54) is 0 Å². The van der Waals surface area contributed by atoms with Gasteiger partial charge in [-0.05, 0) is 29.8 Å². The van der Waals surface area contributed by atoms with Crippen LogP contribution in [0.25, 0.3) is 0 Å². The molecule has 17 heavy (non-hydrogen) atoms. The van der Waals surface area contributed by atoms with Gasteiger partial charge in [-0.3, -0.25) is 4.98 Å². The van der Waals surface area contributed by atoms with Crippen molar-refractivity contribution >= 4 is 6.21 Å². The summed E-state index contributed by atoms with van der Waals surface area (Å²) in [4.78, 5) is 3.93. The van der Waals surface area contributed by atoms with Gasteiger partial charge in [0.2, 0.25) is 0 Å². The lowest BCUT2D eigenvalue weighted by Crippen LogP contribution is -2.05. The number of hydrogen-bond donors (Lipinski definition) is 2. The predicted octanol–water partition coefficient (Wildman–Crippen LogP) is 1.91. The minimum absolute atomic E-state index is 0.224. The summed E-state index contributed by atoms with van der Waals surface area (Å²) >= 11 is 0. The SMILES string of the molecule is Oc1ccccc1C=NNCc1ccncc1. The number of nitrogens with one attached hydrogen (secondary N) is 1. The van der Waals surface area contributed by atoms with Crippen LogP contribution < -0.4 is 5.43 Å². The zero-order chi connectivity index (χ0) is 11.9. The van der Waals surface area contributed by atoms with Gasteiger partial charge in [-0.25, -0.2) is 0 Å². The highest BCUT2D eigenvalue weighted by atomic mass is 16.3. The van der Waals surface area contributed by atoms with Crippen molar-refractivity contribution in [2.24, 2.45) is 5.10 Å². The molecule has 0 aliphatic heterocycles. The minimum atomic E-state index is 0.224. The zero-order valence-electron chi connectivity index (χ0n) is 9.24. The van der Waals surface area contributed by atoms with E-state index in [4.69, 9.17) is 0 Å². The van der Waals surface area contributed by atoms with E-state index < -0.39 is 0 Å². The van der Waals surface area contributed by atoms with Crippen molar-refractivity contribution in [3.63, 3.8) is 0 Å². The molecule has 0 unspecified atom stereocenters. The van der Waals surface area contributed by atoms with Crippen molar-refractivity contribution in [1.82, 2.24) is 10.4 Å². The van der Waals surface area contributed by atoms with Gasteiger partial charge in [-0.1, -0.05) is 12.1 Å². The number of phenolic OH excluding ortho intramolecular Hbond substituents is 1. The first-order chi connectivity index (χ1) is 8.36. The van der Waals surface area contributed by atoms with Gasteiger partial charge >= 0.3 is 0 Å². The molecule has 0 saturated carbocycles. The topological polar surface area (TPSA) is 57.5 Å². The standard InChI is InChI=1S/C13H13N3O/c17-13-4-2-1-3-12(13)10-16-15-9-11-5-7-14-8-6-11/h1-8,10,15,17H,9H2. The van der Waals surface area contributed by atoms with E-state index in [9.17, 15) is 5.11 Å². The van der Waals surface area contributed by atoms with E-state index >= 15 is 0 Å². The number of benzene rings is 1. The first-order valence-corrected chi connectivity index (χ1v) is 5.29. The van der Waals surface area contributed by atoms with Crippen molar-refractivity contribution in [3.05, 3.63) is 59.9 Å². The summed E-state index contributed by atoms with van der Waals surface area (Å²) in [6, 6.07) is 10.9. The van der Waals surface area contributed by atoms with Crippen LogP contribution in [-0.2, 0) is 6.54 Å². The summed E-state index contributed by atoms with van der Waals surface area (Å²) in [6.45, 7) is 0.632. The number of nitrogens with zero attached hydrogens (tertiary/aromatic N) is 2. The van der Waals surface area contributed by atoms with Gasteiger partial charge in [0.05, 0.1) is 12.8 Å². The number of aromatic nitrogens is 1. The Morgan fingerprint density at radius 2 is 1.94 bits per heavy atom. The molecule has 0 bridgehead atoms. The van der Waals surface area contributed by atoms with Gasteiger partial charge in [0.25, 0.3) is 0 Å². The lowest BCUT2D eigenvalue weighted by molar-refractivity contribution is 0.474. The first-order valence-electron chi connectivity index (χ1n) is 5.29. The predicted molar refractivity (Wildman–Crippen MR) is 66.8 cm³/mol. The van der Waals surface area contributed by atoms with E-state index in [-0.39, 0.29) is 5.75 Å². The second-order valence-corrected chi connectivity index (χ2v) is 3.51. The summed E-state index contributed by atoms with van der Waals surface area (Å²) in [6.07, 6.45) is 5.07. The average Bonchev–Trinajstić information content (AvgIpc) is 2.38. The van der Waals surface area contributed by atoms with Gasteiger partial charge in [0, 0.05) is 18.0 Å². The fourth-order valence-electron chi connectivity index (χ4n) is 1.35. The van der Waals surface area contributed by atoms with Gasteiger partial charge in [-0.2, -0.15) is 5.10 Å². The zero-order valence-corrected chi connectivity index (χ0v) is 9.24. The normalized spacial score (nSPS) is 10.6. The van der Waals surface area contributed by atoms with Crippen LogP contribution in [0.1, 0.15) is 11.1 Å². The van der Waals surface area contributed by atoms with Crippen LogP contribution in [0.4, 0.5) is 0 Å². The van der Waals surface area contributed by atoms with Crippen LogP contribution in [0.5, 0.6) is 5.75 Å². The molecule has 2 aromatic rings. The maximum Gasteiger partial charge on any atom is 0.124 e. The summed E-state index contributed by atoms with van der Waals surface area (Å²) < 4.78 is 0. The number of aromatic hydroxyl groups is 1. The van der Waals surface area contributed by atoms with Gasteiger partial charge in [0.1, 0.15) is 5.75 Å². The molecule has 0 radical (unpaired) electrons. The van der Waals surface area contributed by atoms with Gasteiger partial charge in [-0.15, -0.1) is 0 Å². The Morgan fingerprint density at radius 3 is 2.71 bits per heavy atom. The van der Waals surface area contributed by atoms with Crippen LogP contribution >= 0.6 is 0 Å². The van der Waals surface area contributed by atoms with Crippen LogP contribution in [-0.4, -0.2) is 16.3 Å². The molecule has 86 valence electrons. The van der Waals surface area contributed by atoms with E-state index in [0.717, 1.165) is 5.56 Å². The number of para-hydroxylation sites is 1. The van der Waals surface area contributed by atoms with E-state index in [2.05, 4.69) is 15.5 Å². The largest absolute Gasteiger partial charge is 0.507 e. The Bertz CT molecular complexity index is 497. The molecule has 4 heteroatoms. The van der Waals surface area contributed by atoms with Crippen LogP contribution in [0.3, 0.4) is 0 Å². The fraction of sp³-hybridized carbons (Fsp3) is 0.0769. The lowest BCUT2D eigenvalue weighted by atomic mass is 10.2. The highest BCUT2D eigenvalue weighted by Gasteiger charge is 1.94. The van der Waals surface area contributed by atoms with Crippen molar-refractivity contribution in [2.75, 3.05) is 0 Å². The van der Waals surface area contributed by atoms with E-state index in [1.807, 2.05) is 18.2 Å². The highest BCUT2D eigenvalue weighted by molar-refractivity contribution is 5.82. The maximum absolute atomic E-state index is 9.50. The molecule has 2 N–H and O–H groups in total. The second kappa shape index (κ2) is 5.65. The molecule has 2 rings (SSSR count). The number of phenols is 1. The third-order valence-corrected chi connectivity index (χ3v) is 2.26. The molecule has 0 aliphatic rings. The lowest BCUT2D eigenvalue weighted by Gasteiger charge is -2.00. The third kappa shape index (κ3) is 3.31. The number of pyridine rings is 1. The average molecular weight is 227 g/mol. The van der Waals surface area contributed by atoms with Crippen LogP contribution in [0.15, 0.2) is 53.9 Å². The molecule has 0 saturated heterocycles. The van der Waals surface area contributed by atoms with E-state index in [0.29, 0.717) is 12.1 Å². The summed E-state index contributed by atoms with van der Waals surface area (Å²) in [5, 5.41) is 13.5. The third-order valence-electron chi connectivity index (χ3n) is 2.26. The monoisotopic (exact) mass is 227 g/mol. The number of hydrogen-bond acceptors (Lipinski definition) is 4. The number of rotatable bonds is 4. The Balaban J connectivity index is 1.89. The molecular formula is C13H13N3O. The van der Waals surface area contributed by atoms with Gasteiger partial charge in [0.15, 0.2) is 0 Å². The van der Waals surface area contributed by atoms with Crippen LogP contribution in [0.2, 0.25) is 0 Å². The number of hydrazone groups is 1. The van der Waals surface area contributed by atoms with Crippen molar-refractivity contribution in [2.45, 2.75) is 6.54 Å². The van der Waals surface area contributed by atoms with Crippen molar-refractivity contribution in [3.8, 4) is 5.75 Å². The Hall–Kier alpha value is -2.36. The molecule has 1 aromatic heterocycles. The van der Waals surface area contributed by atoms with E-state index in [1.54, 1.807) is 36.8 Å². The quantitative estimate of drug-likeness (QED) is 0.619. The molecule has 1 aromatic carbocycles. The first kappa shape index (κ1) is 11.1. The molecule has 4 nitrogen and oxygen atoms in total. The minimum Gasteiger partial charge on any atom is -0.507 e. The second-order valence-electron chi connectivity index (χ2n) is 3.51. The van der Waals surface area contributed by atoms with Crippen LogP contribution in [0, 0.1) is 0 Å². The Labute approximate surface area is 99.6 Å². The Kier molecular flexibility index (Phi) is 3.70. The maximum atomic E-state index is 9.50. The molecule has 0 fully saturated rings. The smallest absolute Gasteiger partial charge is 0.124 e. The highest BCUT2D eigenvalue weighted by Crippen LogP contribution is 2.12. The van der Waals surface area contributed by atoms with Crippen molar-refractivity contribution in [1.29, 1.82) is 0 Å². The Morgan fingerprint density at radius 1 is 1.18 bits per heavy atom. The summed E-state index contributed by atoms with van der Waals surface area (Å²) in [7, 11) is 0. The molecule has 0 amide bonds. The van der Waals surface area contributed by atoms with Gasteiger partial charge < -0.3 is 10.5 Å². The summed E-state index contributed by atoms with van der Waals surface area (Å²) in [5.74, 6) is 0.224. The molecule has 0 spiro atoms. The molecular weight excluding hydrogens is 214 g/mol. The van der Waals surface area contributed by atoms with Crippen molar-refractivity contribution < 1.29 is 5.11 Å². The fourth-order valence-corrected chi connectivity index (χ4v) is 1.35. The molecule has 1 heterocycles. The summed E-state index contributed by atoms with van der Waals surface area (Å²) in [5.41, 5.74) is 4.70. The molecule has 0 atom stereocenters. The molecule has 0 aliphatic carbocycles.